The van der Waals surface area contributed by atoms with E-state index < -0.39 is 22.1 Å². The molecule has 3 N–H and O–H groups in total. The number of carboxylic acids is 1. The second-order valence-corrected chi connectivity index (χ2v) is 2.81. The van der Waals surface area contributed by atoms with Crippen molar-refractivity contribution in [2.75, 3.05) is 5.73 Å². The summed E-state index contributed by atoms with van der Waals surface area (Å²) in [5.74, 6) is -1.39. The lowest BCUT2D eigenvalue weighted by atomic mass is 10.1. The van der Waals surface area contributed by atoms with E-state index in [4.69, 9.17) is 10.8 Å². The van der Waals surface area contributed by atoms with Gasteiger partial charge in [0.1, 0.15) is 0 Å². The van der Waals surface area contributed by atoms with Crippen LogP contribution >= 0.6 is 0 Å². The number of hydrogen-bond acceptors (Lipinski definition) is 4. The summed E-state index contributed by atoms with van der Waals surface area (Å²) in [4.78, 5) is 20.4. The molecule has 0 fully saturated rings. The largest absolute Gasteiger partial charge is 0.477 e. The van der Waals surface area contributed by atoms with Crippen LogP contribution in [-0.2, 0) is 0 Å². The van der Waals surface area contributed by atoms with Crippen LogP contribution in [-0.4, -0.2) is 16.0 Å². The highest BCUT2D eigenvalue weighted by Crippen LogP contribution is 2.26. The summed E-state index contributed by atoms with van der Waals surface area (Å²) >= 11 is 0. The third-order valence-electron chi connectivity index (χ3n) is 1.70. The van der Waals surface area contributed by atoms with Gasteiger partial charge >= 0.3 is 5.97 Å². The third kappa shape index (κ3) is 1.63. The number of nitrogens with two attached hydrogens (primary N) is 1. The SMILES string of the molecule is Cc1cc(N)c(C(=O)O)c([N+](=O)[O-])c1. The number of nitrogen functional groups attached to an aromatic ring is 1. The topological polar surface area (TPSA) is 106 Å². The number of nitro benzene ring substituents is 1. The van der Waals surface area contributed by atoms with Crippen LogP contribution in [0.4, 0.5) is 11.4 Å². The van der Waals surface area contributed by atoms with E-state index in [1.807, 2.05) is 0 Å². The summed E-state index contributed by atoms with van der Waals surface area (Å²) in [5, 5.41) is 19.2. The van der Waals surface area contributed by atoms with Gasteiger partial charge < -0.3 is 10.8 Å². The van der Waals surface area contributed by atoms with Gasteiger partial charge in [-0.2, -0.15) is 0 Å². The van der Waals surface area contributed by atoms with Gasteiger partial charge in [0.05, 0.1) is 10.6 Å². The molecule has 0 bridgehead atoms. The fourth-order valence-electron chi connectivity index (χ4n) is 1.17. The zero-order valence-electron chi connectivity index (χ0n) is 7.35. The Hall–Kier alpha value is -2.11. The van der Waals surface area contributed by atoms with Crippen molar-refractivity contribution in [2.24, 2.45) is 0 Å². The normalized spacial score (nSPS) is 9.79. The molecular weight excluding hydrogens is 188 g/mol. The molecule has 0 aliphatic carbocycles. The molecule has 74 valence electrons. The van der Waals surface area contributed by atoms with Gasteiger partial charge in [-0.15, -0.1) is 0 Å². The lowest BCUT2D eigenvalue weighted by Crippen LogP contribution is -2.07. The number of nitro groups is 1. The zero-order valence-corrected chi connectivity index (χ0v) is 7.35. The van der Waals surface area contributed by atoms with E-state index in [1.165, 1.54) is 12.1 Å². The van der Waals surface area contributed by atoms with Gasteiger partial charge in [-0.25, -0.2) is 4.79 Å². The average molecular weight is 196 g/mol. The smallest absolute Gasteiger partial charge is 0.344 e. The minimum Gasteiger partial charge on any atom is -0.477 e. The number of carbonyl (C=O) groups is 1. The third-order valence-corrected chi connectivity index (χ3v) is 1.70. The number of carboxylic acid groups (broad SMARTS) is 1. The molecule has 0 radical (unpaired) electrons. The van der Waals surface area contributed by atoms with Crippen molar-refractivity contribution in [3.8, 4) is 0 Å². The van der Waals surface area contributed by atoms with Gasteiger partial charge in [0.2, 0.25) is 0 Å². The quantitative estimate of drug-likeness (QED) is 0.419. The molecule has 1 aromatic carbocycles. The maximum atomic E-state index is 10.7. The lowest BCUT2D eigenvalue weighted by molar-refractivity contribution is -0.385. The van der Waals surface area contributed by atoms with E-state index in [2.05, 4.69) is 0 Å². The highest BCUT2D eigenvalue weighted by molar-refractivity contribution is 5.98. The predicted octanol–water partition coefficient (Wildman–Crippen LogP) is 1.18. The molecule has 6 heteroatoms. The van der Waals surface area contributed by atoms with Crippen molar-refractivity contribution in [1.29, 1.82) is 0 Å². The van der Waals surface area contributed by atoms with Crippen LogP contribution in [0.1, 0.15) is 15.9 Å². The summed E-state index contributed by atoms with van der Waals surface area (Å²) in [6.07, 6.45) is 0. The Morgan fingerprint density at radius 1 is 1.57 bits per heavy atom. The van der Waals surface area contributed by atoms with Crippen LogP contribution in [0, 0.1) is 17.0 Å². The van der Waals surface area contributed by atoms with E-state index in [9.17, 15) is 14.9 Å². The minimum atomic E-state index is -1.39. The summed E-state index contributed by atoms with van der Waals surface area (Å²) in [5.41, 5.74) is 4.90. The maximum Gasteiger partial charge on any atom is 0.344 e. The first-order chi connectivity index (χ1) is 6.43. The van der Waals surface area contributed by atoms with Crippen molar-refractivity contribution < 1.29 is 14.8 Å². The van der Waals surface area contributed by atoms with Crippen LogP contribution < -0.4 is 5.73 Å². The Morgan fingerprint density at radius 3 is 2.57 bits per heavy atom. The molecular formula is C8H8N2O4. The maximum absolute atomic E-state index is 10.7. The summed E-state index contributed by atoms with van der Waals surface area (Å²) in [7, 11) is 0. The fourth-order valence-corrected chi connectivity index (χ4v) is 1.17. The van der Waals surface area contributed by atoms with Crippen LogP contribution in [0.25, 0.3) is 0 Å². The Morgan fingerprint density at radius 2 is 2.14 bits per heavy atom. The molecule has 0 aliphatic rings. The van der Waals surface area contributed by atoms with Gasteiger partial charge in [0.15, 0.2) is 5.56 Å². The molecule has 14 heavy (non-hydrogen) atoms. The monoisotopic (exact) mass is 196 g/mol. The van der Waals surface area contributed by atoms with Crippen molar-refractivity contribution in [3.05, 3.63) is 33.4 Å². The molecule has 0 unspecified atom stereocenters. The molecule has 0 spiro atoms. The molecule has 0 amide bonds. The number of rotatable bonds is 2. The highest BCUT2D eigenvalue weighted by atomic mass is 16.6. The van der Waals surface area contributed by atoms with E-state index in [0.717, 1.165) is 0 Å². The van der Waals surface area contributed by atoms with Gasteiger partial charge in [-0.05, 0) is 18.6 Å². The average Bonchev–Trinajstić information content (AvgIpc) is 2.01. The number of benzene rings is 1. The Labute approximate surface area is 79.1 Å². The van der Waals surface area contributed by atoms with Gasteiger partial charge in [0.25, 0.3) is 5.69 Å². The first-order valence-corrected chi connectivity index (χ1v) is 3.71. The Bertz CT molecular complexity index is 414. The van der Waals surface area contributed by atoms with Gasteiger partial charge in [-0.3, -0.25) is 10.1 Å². The number of aromatic carboxylic acids is 1. The summed E-state index contributed by atoms with van der Waals surface area (Å²) in [6, 6.07) is 2.57. The molecule has 0 saturated heterocycles. The summed E-state index contributed by atoms with van der Waals surface area (Å²) in [6.45, 7) is 1.61. The molecule has 0 heterocycles. The van der Waals surface area contributed by atoms with Gasteiger partial charge in [-0.1, -0.05) is 0 Å². The Balaban J connectivity index is 3.52. The van der Waals surface area contributed by atoms with Gasteiger partial charge in [0, 0.05) is 6.07 Å². The standard InChI is InChI=1S/C8H8N2O4/c1-4-2-5(9)7(8(11)12)6(3-4)10(13)14/h2-3H,9H2,1H3,(H,11,12). The minimum absolute atomic E-state index is 0.0933. The van der Waals surface area contributed by atoms with E-state index in [-0.39, 0.29) is 5.69 Å². The molecule has 0 aromatic heterocycles. The van der Waals surface area contributed by atoms with Crippen molar-refractivity contribution in [1.82, 2.24) is 0 Å². The van der Waals surface area contributed by atoms with Crippen LogP contribution in [0.3, 0.4) is 0 Å². The lowest BCUT2D eigenvalue weighted by Gasteiger charge is -2.03. The summed E-state index contributed by atoms with van der Waals surface area (Å²) < 4.78 is 0. The highest BCUT2D eigenvalue weighted by Gasteiger charge is 2.22. The van der Waals surface area contributed by atoms with E-state index >= 15 is 0 Å². The molecule has 1 aromatic rings. The first-order valence-electron chi connectivity index (χ1n) is 3.71. The first kappa shape index (κ1) is 9.97. The molecule has 0 atom stereocenters. The van der Waals surface area contributed by atoms with E-state index in [1.54, 1.807) is 6.92 Å². The second-order valence-electron chi connectivity index (χ2n) is 2.81. The number of hydrogen-bond donors (Lipinski definition) is 2. The molecule has 0 aliphatic heterocycles. The van der Waals surface area contributed by atoms with Crippen LogP contribution in [0.5, 0.6) is 0 Å². The Kier molecular flexibility index (Phi) is 2.37. The van der Waals surface area contributed by atoms with Crippen LogP contribution in [0.2, 0.25) is 0 Å². The second kappa shape index (κ2) is 3.33. The molecule has 1 rings (SSSR count). The molecule has 6 nitrogen and oxygen atoms in total. The van der Waals surface area contributed by atoms with Crippen molar-refractivity contribution in [2.45, 2.75) is 6.92 Å². The molecule has 0 saturated carbocycles. The fraction of sp³-hybridized carbons (Fsp3) is 0.125. The van der Waals surface area contributed by atoms with Crippen molar-refractivity contribution in [3.63, 3.8) is 0 Å². The predicted molar refractivity (Wildman–Crippen MR) is 49.2 cm³/mol. The van der Waals surface area contributed by atoms with E-state index in [0.29, 0.717) is 5.56 Å². The van der Waals surface area contributed by atoms with Crippen LogP contribution in [0.15, 0.2) is 12.1 Å². The zero-order chi connectivity index (χ0) is 10.9. The van der Waals surface area contributed by atoms with Crippen molar-refractivity contribution >= 4 is 17.3 Å². The number of nitrogens with zero attached hydrogens (tertiary/aromatic N) is 1. The number of aryl methyl sites for hydroxylation is 1. The number of anilines is 1.